The van der Waals surface area contributed by atoms with Gasteiger partial charge < -0.3 is 10.6 Å². The second kappa shape index (κ2) is 5.33. The molecule has 0 aliphatic heterocycles. The van der Waals surface area contributed by atoms with Crippen molar-refractivity contribution in [3.8, 4) is 0 Å². The van der Waals surface area contributed by atoms with Gasteiger partial charge in [0.15, 0.2) is 0 Å². The van der Waals surface area contributed by atoms with Gasteiger partial charge in [0.25, 0.3) is 0 Å². The Labute approximate surface area is 76.4 Å². The summed E-state index contributed by atoms with van der Waals surface area (Å²) in [4.78, 5) is 2.27. The number of likely N-dealkylation sites (N-methyl/N-ethyl adjacent to an activating group) is 1. The molecule has 0 spiro atoms. The Morgan fingerprint density at radius 2 is 2.08 bits per heavy atom. The highest BCUT2D eigenvalue weighted by molar-refractivity contribution is 4.76. The highest BCUT2D eigenvalue weighted by atomic mass is 15.1. The van der Waals surface area contributed by atoms with Crippen molar-refractivity contribution in [2.24, 2.45) is 5.73 Å². The van der Waals surface area contributed by atoms with E-state index in [1.54, 1.807) is 0 Å². The largest absolute Gasteiger partial charge is 0.324 e. The van der Waals surface area contributed by atoms with Crippen LogP contribution in [0.1, 0.15) is 26.7 Å². The number of hydrogen-bond acceptors (Lipinski definition) is 2. The van der Waals surface area contributed by atoms with E-state index in [2.05, 4.69) is 32.4 Å². The molecule has 0 aliphatic rings. The topological polar surface area (TPSA) is 29.3 Å². The second-order valence-corrected chi connectivity index (χ2v) is 4.16. The molecule has 0 aromatic rings. The lowest BCUT2D eigenvalue weighted by Gasteiger charge is -2.26. The summed E-state index contributed by atoms with van der Waals surface area (Å²) in [5, 5.41) is 0. The molecule has 2 heteroatoms. The molecule has 0 fully saturated rings. The van der Waals surface area contributed by atoms with Crippen LogP contribution in [0.4, 0.5) is 0 Å². The van der Waals surface area contributed by atoms with Crippen molar-refractivity contribution in [2.45, 2.75) is 32.2 Å². The van der Waals surface area contributed by atoms with Gasteiger partial charge in [-0.1, -0.05) is 6.08 Å². The van der Waals surface area contributed by atoms with E-state index in [0.29, 0.717) is 0 Å². The molecular weight excluding hydrogens is 148 g/mol. The third-order valence-corrected chi connectivity index (χ3v) is 1.63. The first-order chi connectivity index (χ1) is 5.45. The fraction of sp³-hybridized carbons (Fsp3) is 0.800. The van der Waals surface area contributed by atoms with Crippen molar-refractivity contribution < 1.29 is 0 Å². The first kappa shape index (κ1) is 11.7. The van der Waals surface area contributed by atoms with Gasteiger partial charge in [-0.05, 0) is 40.3 Å². The molecule has 12 heavy (non-hydrogen) atoms. The summed E-state index contributed by atoms with van der Waals surface area (Å²) in [5.41, 5.74) is 5.80. The lowest BCUT2D eigenvalue weighted by Crippen LogP contribution is -2.44. The summed E-state index contributed by atoms with van der Waals surface area (Å²) >= 11 is 0. The molecule has 0 aliphatic carbocycles. The van der Waals surface area contributed by atoms with Crippen LogP contribution < -0.4 is 5.73 Å². The Kier molecular flexibility index (Phi) is 5.18. The molecule has 0 saturated heterocycles. The van der Waals surface area contributed by atoms with E-state index >= 15 is 0 Å². The quantitative estimate of drug-likeness (QED) is 0.485. The zero-order valence-electron chi connectivity index (χ0n) is 8.64. The van der Waals surface area contributed by atoms with Crippen LogP contribution in [0.5, 0.6) is 0 Å². The molecule has 0 amide bonds. The summed E-state index contributed by atoms with van der Waals surface area (Å²) in [7, 11) is 2.11. The van der Waals surface area contributed by atoms with Gasteiger partial charge in [0, 0.05) is 12.1 Å². The summed E-state index contributed by atoms with van der Waals surface area (Å²) in [6, 6.07) is 0. The molecule has 0 heterocycles. The molecule has 0 atom stereocenters. The Morgan fingerprint density at radius 1 is 1.50 bits per heavy atom. The zero-order chi connectivity index (χ0) is 9.61. The van der Waals surface area contributed by atoms with Gasteiger partial charge in [-0.15, -0.1) is 6.58 Å². The fourth-order valence-corrected chi connectivity index (χ4v) is 1.28. The minimum absolute atomic E-state index is 0.0804. The minimum atomic E-state index is -0.0804. The van der Waals surface area contributed by atoms with Crippen LogP contribution in [0, 0.1) is 0 Å². The van der Waals surface area contributed by atoms with Gasteiger partial charge in [-0.2, -0.15) is 0 Å². The van der Waals surface area contributed by atoms with Crippen molar-refractivity contribution in [2.75, 3.05) is 20.1 Å². The van der Waals surface area contributed by atoms with Crippen LogP contribution in [-0.2, 0) is 0 Å². The fourth-order valence-electron chi connectivity index (χ4n) is 1.28. The van der Waals surface area contributed by atoms with Crippen molar-refractivity contribution in [3.05, 3.63) is 12.7 Å². The Balaban J connectivity index is 3.46. The average molecular weight is 170 g/mol. The summed E-state index contributed by atoms with van der Waals surface area (Å²) in [5.74, 6) is 0. The molecule has 0 radical (unpaired) electrons. The first-order valence-electron chi connectivity index (χ1n) is 4.54. The van der Waals surface area contributed by atoms with Crippen LogP contribution >= 0.6 is 0 Å². The van der Waals surface area contributed by atoms with Gasteiger partial charge in [-0.3, -0.25) is 0 Å². The maximum absolute atomic E-state index is 5.88. The third kappa shape index (κ3) is 7.76. The van der Waals surface area contributed by atoms with E-state index in [1.807, 2.05) is 6.08 Å². The second-order valence-electron chi connectivity index (χ2n) is 4.16. The lowest BCUT2D eigenvalue weighted by atomic mass is 10.1. The van der Waals surface area contributed by atoms with E-state index in [1.165, 1.54) is 6.42 Å². The predicted molar refractivity (Wildman–Crippen MR) is 55.2 cm³/mol. The smallest absolute Gasteiger partial charge is 0.0225 e. The zero-order valence-corrected chi connectivity index (χ0v) is 8.64. The molecule has 0 aromatic heterocycles. The van der Waals surface area contributed by atoms with E-state index in [9.17, 15) is 0 Å². The van der Waals surface area contributed by atoms with Crippen molar-refractivity contribution in [1.82, 2.24) is 4.90 Å². The monoisotopic (exact) mass is 170 g/mol. The molecule has 2 nitrogen and oxygen atoms in total. The Bertz CT molecular complexity index is 124. The SMILES string of the molecule is C=CCCCN(C)CC(C)(C)N. The van der Waals surface area contributed by atoms with Gasteiger partial charge >= 0.3 is 0 Å². The van der Waals surface area contributed by atoms with E-state index in [-0.39, 0.29) is 5.54 Å². The van der Waals surface area contributed by atoms with Crippen molar-refractivity contribution >= 4 is 0 Å². The van der Waals surface area contributed by atoms with Crippen LogP contribution in [0.3, 0.4) is 0 Å². The average Bonchev–Trinajstić information content (AvgIpc) is 1.84. The van der Waals surface area contributed by atoms with Gasteiger partial charge in [0.1, 0.15) is 0 Å². The van der Waals surface area contributed by atoms with Crippen LogP contribution in [0.2, 0.25) is 0 Å². The molecule has 0 saturated carbocycles. The van der Waals surface area contributed by atoms with Crippen molar-refractivity contribution in [1.29, 1.82) is 0 Å². The Hall–Kier alpha value is -0.340. The standard InChI is InChI=1S/C10H22N2/c1-5-6-7-8-12(4)9-10(2,3)11/h5H,1,6-9,11H2,2-4H3. The summed E-state index contributed by atoms with van der Waals surface area (Å²) in [6.07, 6.45) is 4.23. The number of rotatable bonds is 6. The number of allylic oxidation sites excluding steroid dienone is 1. The molecule has 0 unspecified atom stereocenters. The summed E-state index contributed by atoms with van der Waals surface area (Å²) in [6.45, 7) is 9.85. The van der Waals surface area contributed by atoms with Gasteiger partial charge in [-0.25, -0.2) is 0 Å². The van der Waals surface area contributed by atoms with E-state index in [0.717, 1.165) is 19.5 Å². The van der Waals surface area contributed by atoms with Gasteiger partial charge in [0.2, 0.25) is 0 Å². The highest BCUT2D eigenvalue weighted by Gasteiger charge is 2.12. The maximum atomic E-state index is 5.88. The van der Waals surface area contributed by atoms with Crippen molar-refractivity contribution in [3.63, 3.8) is 0 Å². The van der Waals surface area contributed by atoms with E-state index in [4.69, 9.17) is 5.73 Å². The highest BCUT2D eigenvalue weighted by Crippen LogP contribution is 2.01. The molecular formula is C10H22N2. The molecule has 0 bridgehead atoms. The van der Waals surface area contributed by atoms with Gasteiger partial charge in [0.05, 0.1) is 0 Å². The molecule has 2 N–H and O–H groups in total. The molecule has 0 rings (SSSR count). The molecule has 0 aromatic carbocycles. The summed E-state index contributed by atoms with van der Waals surface area (Å²) < 4.78 is 0. The normalized spacial score (nSPS) is 12.1. The number of hydrogen-bond donors (Lipinski definition) is 1. The number of unbranched alkanes of at least 4 members (excludes halogenated alkanes) is 1. The lowest BCUT2D eigenvalue weighted by molar-refractivity contribution is 0.268. The van der Waals surface area contributed by atoms with Crippen LogP contribution in [0.15, 0.2) is 12.7 Å². The minimum Gasteiger partial charge on any atom is -0.324 e. The van der Waals surface area contributed by atoms with Crippen LogP contribution in [0.25, 0.3) is 0 Å². The van der Waals surface area contributed by atoms with Crippen LogP contribution in [-0.4, -0.2) is 30.6 Å². The number of nitrogens with two attached hydrogens (primary N) is 1. The Morgan fingerprint density at radius 3 is 2.50 bits per heavy atom. The predicted octanol–water partition coefficient (Wildman–Crippen LogP) is 1.62. The molecule has 72 valence electrons. The number of nitrogens with zero attached hydrogens (tertiary/aromatic N) is 1. The maximum Gasteiger partial charge on any atom is 0.0225 e. The third-order valence-electron chi connectivity index (χ3n) is 1.63. The van der Waals surface area contributed by atoms with E-state index < -0.39 is 0 Å². The first-order valence-corrected chi connectivity index (χ1v) is 4.54.